The molecular weight excluding hydrogens is 198 g/mol. The Morgan fingerprint density at radius 1 is 1.31 bits per heavy atom. The van der Waals surface area contributed by atoms with Crippen LogP contribution in [0.15, 0.2) is 23.2 Å². The predicted molar refractivity (Wildman–Crippen MR) is 69.6 cm³/mol. The normalized spacial score (nSPS) is 12.2. The van der Waals surface area contributed by atoms with Crippen molar-refractivity contribution in [3.05, 3.63) is 29.3 Å². The number of para-hydroxylation sites is 1. The summed E-state index contributed by atoms with van der Waals surface area (Å²) in [7, 11) is 0. The maximum absolute atomic E-state index is 10.1. The maximum atomic E-state index is 10.1. The summed E-state index contributed by atoms with van der Waals surface area (Å²) in [5.41, 5.74) is 1.73. The highest BCUT2D eigenvalue weighted by Gasteiger charge is 2.18. The molecule has 0 heterocycles. The highest BCUT2D eigenvalue weighted by atomic mass is 16.3. The van der Waals surface area contributed by atoms with Crippen molar-refractivity contribution in [1.82, 2.24) is 0 Å². The van der Waals surface area contributed by atoms with Crippen LogP contribution in [0.2, 0.25) is 0 Å². The Bertz CT molecular complexity index is 375. The van der Waals surface area contributed by atoms with Crippen molar-refractivity contribution in [3.63, 3.8) is 0 Å². The van der Waals surface area contributed by atoms with Gasteiger partial charge in [0.1, 0.15) is 5.75 Å². The second kappa shape index (κ2) is 5.15. The van der Waals surface area contributed by atoms with E-state index < -0.39 is 0 Å². The highest BCUT2D eigenvalue weighted by Crippen LogP contribution is 2.32. The zero-order valence-corrected chi connectivity index (χ0v) is 10.6. The summed E-state index contributed by atoms with van der Waals surface area (Å²) in [6.45, 7) is 9.17. The monoisotopic (exact) mass is 219 g/mol. The number of aromatic hydroxyl groups is 1. The van der Waals surface area contributed by atoms with Gasteiger partial charge < -0.3 is 5.11 Å². The summed E-state index contributed by atoms with van der Waals surface area (Å²) in [6.07, 6.45) is 2.78. The Balaban J connectivity index is 3.05. The molecule has 0 aliphatic heterocycles. The summed E-state index contributed by atoms with van der Waals surface area (Å²) >= 11 is 0. The molecule has 0 saturated carbocycles. The first kappa shape index (κ1) is 12.8. The fourth-order valence-corrected chi connectivity index (χ4v) is 1.56. The minimum Gasteiger partial charge on any atom is -0.507 e. The number of nitrogens with zero attached hydrogens (tertiary/aromatic N) is 1. The van der Waals surface area contributed by atoms with Gasteiger partial charge >= 0.3 is 0 Å². The quantitative estimate of drug-likeness (QED) is 0.775. The molecule has 1 rings (SSSR count). The van der Waals surface area contributed by atoms with Crippen LogP contribution in [0.5, 0.6) is 5.75 Å². The van der Waals surface area contributed by atoms with Crippen LogP contribution in [0.4, 0.5) is 0 Å². The first-order chi connectivity index (χ1) is 7.46. The van der Waals surface area contributed by atoms with Crippen molar-refractivity contribution in [1.29, 1.82) is 0 Å². The Morgan fingerprint density at radius 3 is 2.56 bits per heavy atom. The van der Waals surface area contributed by atoms with E-state index in [1.165, 1.54) is 0 Å². The lowest BCUT2D eigenvalue weighted by atomic mass is 9.85. The van der Waals surface area contributed by atoms with E-state index in [4.69, 9.17) is 0 Å². The van der Waals surface area contributed by atoms with Gasteiger partial charge in [-0.25, -0.2) is 0 Å². The molecule has 0 aliphatic rings. The van der Waals surface area contributed by atoms with E-state index in [1.807, 2.05) is 18.2 Å². The minimum absolute atomic E-state index is 0.0430. The van der Waals surface area contributed by atoms with Crippen molar-refractivity contribution in [2.24, 2.45) is 4.99 Å². The molecule has 0 amide bonds. The molecule has 1 N–H and O–H groups in total. The van der Waals surface area contributed by atoms with Crippen molar-refractivity contribution in [2.45, 2.75) is 39.5 Å². The molecule has 0 spiro atoms. The number of hydrogen-bond acceptors (Lipinski definition) is 2. The molecule has 1 aromatic carbocycles. The van der Waals surface area contributed by atoms with Crippen LogP contribution < -0.4 is 0 Å². The number of phenols is 1. The van der Waals surface area contributed by atoms with E-state index in [2.05, 4.69) is 32.7 Å². The van der Waals surface area contributed by atoms with Gasteiger partial charge in [0, 0.05) is 18.3 Å². The van der Waals surface area contributed by atoms with Gasteiger partial charge in [0.2, 0.25) is 0 Å². The van der Waals surface area contributed by atoms with E-state index in [0.29, 0.717) is 5.75 Å². The fourth-order valence-electron chi connectivity index (χ4n) is 1.56. The maximum Gasteiger partial charge on any atom is 0.128 e. The number of hydrogen-bond donors (Lipinski definition) is 1. The summed E-state index contributed by atoms with van der Waals surface area (Å²) in [6, 6.07) is 5.82. The molecule has 0 saturated heterocycles. The summed E-state index contributed by atoms with van der Waals surface area (Å²) < 4.78 is 0. The van der Waals surface area contributed by atoms with E-state index in [-0.39, 0.29) is 5.41 Å². The molecule has 0 unspecified atom stereocenters. The Morgan fingerprint density at radius 2 is 2.00 bits per heavy atom. The van der Waals surface area contributed by atoms with E-state index in [1.54, 1.807) is 6.21 Å². The lowest BCUT2D eigenvalue weighted by Crippen LogP contribution is -2.11. The molecule has 0 aromatic heterocycles. The van der Waals surface area contributed by atoms with E-state index in [0.717, 1.165) is 24.1 Å². The SMILES string of the molecule is CCCN=Cc1cccc(C(C)(C)C)c1O. The Kier molecular flexibility index (Phi) is 4.11. The van der Waals surface area contributed by atoms with Crippen LogP contribution in [-0.2, 0) is 5.41 Å². The highest BCUT2D eigenvalue weighted by molar-refractivity contribution is 5.84. The number of phenolic OH excluding ortho intramolecular Hbond substituents is 1. The zero-order valence-electron chi connectivity index (χ0n) is 10.6. The molecule has 16 heavy (non-hydrogen) atoms. The molecular formula is C14H21NO. The third-order valence-electron chi connectivity index (χ3n) is 2.46. The van der Waals surface area contributed by atoms with Crippen LogP contribution in [0.3, 0.4) is 0 Å². The first-order valence-corrected chi connectivity index (χ1v) is 5.79. The van der Waals surface area contributed by atoms with Gasteiger partial charge in [-0.2, -0.15) is 0 Å². The van der Waals surface area contributed by atoms with Crippen molar-refractivity contribution < 1.29 is 5.11 Å². The van der Waals surface area contributed by atoms with Gasteiger partial charge in [-0.1, -0.05) is 39.8 Å². The number of benzene rings is 1. The third-order valence-corrected chi connectivity index (χ3v) is 2.46. The number of aliphatic imine (C=N–C) groups is 1. The molecule has 1 aromatic rings. The second-order valence-corrected chi connectivity index (χ2v) is 5.03. The fraction of sp³-hybridized carbons (Fsp3) is 0.500. The van der Waals surface area contributed by atoms with Crippen molar-refractivity contribution >= 4 is 6.21 Å². The number of rotatable bonds is 3. The standard InChI is InChI=1S/C14H21NO/c1-5-9-15-10-11-7-6-8-12(13(11)16)14(2,3)4/h6-8,10,16H,5,9H2,1-4H3. The van der Waals surface area contributed by atoms with Crippen molar-refractivity contribution in [3.8, 4) is 5.75 Å². The van der Waals surface area contributed by atoms with Gasteiger partial charge in [0.25, 0.3) is 0 Å². The molecule has 0 bridgehead atoms. The average molecular weight is 219 g/mol. The van der Waals surface area contributed by atoms with Crippen LogP contribution in [0.25, 0.3) is 0 Å². The van der Waals surface area contributed by atoms with E-state index in [9.17, 15) is 5.11 Å². The second-order valence-electron chi connectivity index (χ2n) is 5.03. The van der Waals surface area contributed by atoms with Crippen LogP contribution in [0, 0.1) is 0 Å². The lowest BCUT2D eigenvalue weighted by molar-refractivity contribution is 0.446. The first-order valence-electron chi connectivity index (χ1n) is 5.79. The third kappa shape index (κ3) is 3.09. The van der Waals surface area contributed by atoms with Gasteiger partial charge in [-0.15, -0.1) is 0 Å². The Labute approximate surface area is 98.0 Å². The van der Waals surface area contributed by atoms with Crippen LogP contribution in [0.1, 0.15) is 45.2 Å². The summed E-state index contributed by atoms with van der Waals surface area (Å²) in [5.74, 6) is 0.356. The molecule has 2 heteroatoms. The predicted octanol–water partition coefficient (Wildman–Crippen LogP) is 3.52. The molecule has 88 valence electrons. The molecule has 0 aliphatic carbocycles. The van der Waals surface area contributed by atoms with Gasteiger partial charge in [-0.05, 0) is 23.5 Å². The molecule has 0 fully saturated rings. The van der Waals surface area contributed by atoms with E-state index >= 15 is 0 Å². The Hall–Kier alpha value is -1.31. The smallest absolute Gasteiger partial charge is 0.128 e. The summed E-state index contributed by atoms with van der Waals surface area (Å²) in [4.78, 5) is 4.26. The van der Waals surface area contributed by atoms with Gasteiger partial charge in [0.05, 0.1) is 0 Å². The van der Waals surface area contributed by atoms with Gasteiger partial charge in [-0.3, -0.25) is 4.99 Å². The zero-order chi connectivity index (χ0) is 12.2. The van der Waals surface area contributed by atoms with Gasteiger partial charge in [0.15, 0.2) is 0 Å². The molecule has 2 nitrogen and oxygen atoms in total. The molecule has 0 atom stereocenters. The lowest BCUT2D eigenvalue weighted by Gasteiger charge is -2.21. The topological polar surface area (TPSA) is 32.6 Å². The largest absolute Gasteiger partial charge is 0.507 e. The van der Waals surface area contributed by atoms with Crippen LogP contribution >= 0.6 is 0 Å². The average Bonchev–Trinajstić information content (AvgIpc) is 2.19. The van der Waals surface area contributed by atoms with Crippen molar-refractivity contribution in [2.75, 3.05) is 6.54 Å². The molecule has 0 radical (unpaired) electrons. The minimum atomic E-state index is -0.0430. The summed E-state index contributed by atoms with van der Waals surface area (Å²) in [5, 5.41) is 10.1. The van der Waals surface area contributed by atoms with Crippen LogP contribution in [-0.4, -0.2) is 17.9 Å².